The summed E-state index contributed by atoms with van der Waals surface area (Å²) < 4.78 is 0. The number of nitrogens with zero attached hydrogens (tertiary/aromatic N) is 3. The minimum Gasteiger partial charge on any atom is -1.00 e. The minimum atomic E-state index is 0. The third-order valence-electron chi connectivity index (χ3n) is 16.2. The second-order valence-electron chi connectivity index (χ2n) is 20.1. The largest absolute Gasteiger partial charge is 3.00 e. The first-order valence-corrected chi connectivity index (χ1v) is 25.2. The Kier molecular flexibility index (Phi) is 21.5. The van der Waals surface area contributed by atoms with Crippen LogP contribution in [0.15, 0.2) is 52.4 Å². The molecule has 336 valence electrons. The van der Waals surface area contributed by atoms with Crippen molar-refractivity contribution < 1.29 is 55.8 Å². The Labute approximate surface area is 407 Å². The van der Waals surface area contributed by atoms with Gasteiger partial charge < -0.3 is 37.2 Å². The maximum absolute atomic E-state index is 5.55. The van der Waals surface area contributed by atoms with E-state index in [-0.39, 0.29) is 55.8 Å². The van der Waals surface area contributed by atoms with Crippen LogP contribution in [0.4, 0.5) is 11.4 Å². The van der Waals surface area contributed by atoms with Gasteiger partial charge in [-0.1, -0.05) is 146 Å². The number of aromatic nitrogens is 1. The van der Waals surface area contributed by atoms with Gasteiger partial charge in [0.25, 0.3) is 0 Å². The molecule has 3 aromatic rings. The second kappa shape index (κ2) is 25.9. The van der Waals surface area contributed by atoms with Gasteiger partial charge in [0.15, 0.2) is 0 Å². The number of aliphatic imine (C=N–C) groups is 2. The van der Waals surface area contributed by atoms with Crippen molar-refractivity contribution in [1.29, 1.82) is 0 Å². The molecule has 0 unspecified atom stereocenters. The van der Waals surface area contributed by atoms with E-state index >= 15 is 0 Å². The van der Waals surface area contributed by atoms with E-state index in [1.54, 1.807) is 33.4 Å². The Balaban J connectivity index is 0.00000181. The van der Waals surface area contributed by atoms with E-state index in [0.717, 1.165) is 23.2 Å². The molecule has 0 aliphatic heterocycles. The monoisotopic (exact) mass is 933 g/mol. The molecule has 7 heteroatoms. The van der Waals surface area contributed by atoms with E-state index in [4.69, 9.17) is 15.0 Å². The Morgan fingerprint density at radius 3 is 0.855 bits per heavy atom. The molecule has 0 N–H and O–H groups in total. The molecule has 3 nitrogen and oxygen atoms in total. The number of hydrogen-bond acceptors (Lipinski definition) is 3. The summed E-state index contributed by atoms with van der Waals surface area (Å²) >= 11 is 0. The van der Waals surface area contributed by atoms with Crippen LogP contribution in [-0.4, -0.2) is 17.4 Å². The summed E-state index contributed by atoms with van der Waals surface area (Å²) in [7, 11) is 0. The molecule has 6 fully saturated rings. The molecule has 1 aromatic heterocycles. The quantitative estimate of drug-likeness (QED) is 0.191. The number of halogens is 3. The summed E-state index contributed by atoms with van der Waals surface area (Å²) in [6.07, 6.45) is 45.1. The molecule has 0 atom stereocenters. The van der Waals surface area contributed by atoms with Gasteiger partial charge in [-0.2, -0.15) is 0 Å². The zero-order chi connectivity index (χ0) is 38.9. The normalized spacial score (nSPS) is 21.8. The van der Waals surface area contributed by atoms with Crippen LogP contribution in [0.2, 0.25) is 0 Å². The fourth-order valence-electron chi connectivity index (χ4n) is 12.8. The number of benzene rings is 2. The van der Waals surface area contributed by atoms with E-state index in [2.05, 4.69) is 54.9 Å². The topological polar surface area (TPSA) is 37.6 Å². The molecule has 9 rings (SSSR count). The molecule has 0 bridgehead atoms. The number of hydrogen-bond donors (Lipinski definition) is 0. The van der Waals surface area contributed by atoms with Gasteiger partial charge in [0.1, 0.15) is 0 Å². The first-order chi connectivity index (χ1) is 28.8. The molecule has 0 amide bonds. The molecule has 1 heterocycles. The summed E-state index contributed by atoms with van der Waals surface area (Å²) in [6.45, 7) is 0. The minimum absolute atomic E-state index is 0. The fraction of sp³-hybridized carbons (Fsp3) is 0.655. The van der Waals surface area contributed by atoms with Gasteiger partial charge in [0, 0.05) is 0 Å². The van der Waals surface area contributed by atoms with E-state index in [9.17, 15) is 0 Å². The van der Waals surface area contributed by atoms with Crippen molar-refractivity contribution in [2.24, 2.45) is 9.98 Å². The first kappa shape index (κ1) is 51.4. The smallest absolute Gasteiger partial charge is 1.00 e. The van der Waals surface area contributed by atoms with Crippen LogP contribution in [0.5, 0.6) is 0 Å². The standard InChI is InChI=1S/C55H75N3.3ClH.V/c1-7-20-40(21-8-1)46-34-50(42-24-11-3-12-25-42)54(51(35-46)43-26-13-4-14-27-43)56-38-48-32-19-33-49(58-48)39-57-55-52(44-28-15-5-16-29-44)36-47(41-22-9-2-10-23-41)37-53(55)45-30-17-6-18-31-45;;;;/h19,32-45H,1-18,20-31H2;3*1H;/q;;;;+3/p-3. The van der Waals surface area contributed by atoms with Crippen molar-refractivity contribution >= 4 is 23.8 Å². The molecule has 0 saturated heterocycles. The van der Waals surface area contributed by atoms with Crippen molar-refractivity contribution in [3.05, 3.63) is 87.2 Å². The van der Waals surface area contributed by atoms with Crippen LogP contribution in [-0.2, 0) is 18.6 Å². The molecule has 0 radical (unpaired) electrons. The predicted molar refractivity (Wildman–Crippen MR) is 247 cm³/mol. The van der Waals surface area contributed by atoms with E-state index in [1.165, 1.54) is 204 Å². The van der Waals surface area contributed by atoms with Crippen molar-refractivity contribution in [2.45, 2.75) is 228 Å². The molecule has 62 heavy (non-hydrogen) atoms. The summed E-state index contributed by atoms with van der Waals surface area (Å²) in [5, 5.41) is 0. The SMILES string of the molecule is C(=Nc1c(C2CCCCC2)cc(C2CCCCC2)cc1C1CCCCC1)c1cccc(C=Nc2c(C3CCCCC3)cc(C3CCCCC3)cc2C2CCCCC2)n1.[Cl-].[Cl-].[Cl-].[V+3]. The summed E-state index contributed by atoms with van der Waals surface area (Å²) in [4.78, 5) is 16.3. The third-order valence-corrected chi connectivity index (χ3v) is 16.2. The Morgan fingerprint density at radius 2 is 0.597 bits per heavy atom. The van der Waals surface area contributed by atoms with Crippen molar-refractivity contribution in [3.8, 4) is 0 Å². The van der Waals surface area contributed by atoms with Gasteiger partial charge in [-0.25, -0.2) is 4.98 Å². The van der Waals surface area contributed by atoms with Crippen molar-refractivity contribution in [3.63, 3.8) is 0 Å². The van der Waals surface area contributed by atoms with Gasteiger partial charge in [0.2, 0.25) is 0 Å². The summed E-state index contributed by atoms with van der Waals surface area (Å²) in [5.41, 5.74) is 14.1. The first-order valence-electron chi connectivity index (χ1n) is 25.2. The molecule has 6 aliphatic carbocycles. The fourth-order valence-corrected chi connectivity index (χ4v) is 12.8. The van der Waals surface area contributed by atoms with E-state index in [1.807, 2.05) is 0 Å². The van der Waals surface area contributed by atoms with Gasteiger partial charge in [-0.05, 0) is 158 Å². The average Bonchev–Trinajstić information content (AvgIpc) is 3.31. The van der Waals surface area contributed by atoms with Crippen LogP contribution in [0.1, 0.15) is 273 Å². The Bertz CT molecular complexity index is 1650. The second-order valence-corrected chi connectivity index (χ2v) is 20.1. The summed E-state index contributed by atoms with van der Waals surface area (Å²) in [6, 6.07) is 17.2. The van der Waals surface area contributed by atoms with E-state index < -0.39 is 0 Å². The predicted octanol–water partition coefficient (Wildman–Crippen LogP) is 7.88. The van der Waals surface area contributed by atoms with Gasteiger partial charge in [-0.3, -0.25) is 9.98 Å². The zero-order valence-electron chi connectivity index (χ0n) is 37.8. The Morgan fingerprint density at radius 1 is 0.355 bits per heavy atom. The molecular weight excluding hydrogens is 860 g/mol. The number of rotatable bonds is 10. The van der Waals surface area contributed by atoms with Crippen LogP contribution >= 0.6 is 0 Å². The van der Waals surface area contributed by atoms with Gasteiger partial charge in [-0.15, -0.1) is 0 Å². The molecule has 6 saturated carbocycles. The average molecular weight is 936 g/mol. The van der Waals surface area contributed by atoms with Crippen LogP contribution in [0.3, 0.4) is 0 Å². The van der Waals surface area contributed by atoms with E-state index in [0.29, 0.717) is 23.7 Å². The third kappa shape index (κ3) is 12.8. The molecule has 2 aromatic carbocycles. The van der Waals surface area contributed by atoms with Crippen LogP contribution in [0.25, 0.3) is 0 Å². The molecule has 6 aliphatic rings. The zero-order valence-corrected chi connectivity index (χ0v) is 41.5. The molecular formula is C55H75Cl3N3V. The van der Waals surface area contributed by atoms with Gasteiger partial charge in [0.05, 0.1) is 35.2 Å². The van der Waals surface area contributed by atoms with Gasteiger partial charge >= 0.3 is 18.6 Å². The molecule has 0 spiro atoms. The maximum Gasteiger partial charge on any atom is 3.00 e. The van der Waals surface area contributed by atoms with Crippen LogP contribution < -0.4 is 37.2 Å². The van der Waals surface area contributed by atoms with Crippen molar-refractivity contribution in [1.82, 2.24) is 4.98 Å². The number of pyridine rings is 1. The van der Waals surface area contributed by atoms with Crippen LogP contribution in [0, 0.1) is 0 Å². The van der Waals surface area contributed by atoms with Crippen molar-refractivity contribution in [2.75, 3.05) is 0 Å². The Hall–Kier alpha value is -1.62. The maximum atomic E-state index is 5.55. The summed E-state index contributed by atoms with van der Waals surface area (Å²) in [5.74, 6) is 4.02.